The van der Waals surface area contributed by atoms with Crippen LogP contribution in [0, 0.1) is 29.4 Å². The number of hydrogen-bond donors (Lipinski definition) is 0. The van der Waals surface area contributed by atoms with Crippen LogP contribution in [0.1, 0.15) is 20.8 Å². The highest BCUT2D eigenvalue weighted by atomic mass is 32.2. The van der Waals surface area contributed by atoms with Crippen LogP contribution in [0.2, 0.25) is 0 Å². The van der Waals surface area contributed by atoms with Gasteiger partial charge in [0.2, 0.25) is 0 Å². The molecule has 2 aromatic carbocycles. The van der Waals surface area contributed by atoms with Gasteiger partial charge in [-0.15, -0.1) is 0 Å². The largest absolute Gasteiger partial charge is 0.487 e. The first-order valence-electron chi connectivity index (χ1n) is 10.7. The Labute approximate surface area is 192 Å². The average Bonchev–Trinajstić information content (AvgIpc) is 3.14. The molecule has 2 aliphatic rings. The summed E-state index contributed by atoms with van der Waals surface area (Å²) in [5.74, 6) is -1.43. The summed E-state index contributed by atoms with van der Waals surface area (Å²) < 4.78 is 63.3. The molecule has 1 aliphatic carbocycles. The SMILES string of the molecule is CC(C)(C)OC(=O)N1CC2[C@H](COc3c(F)cc(-c4ccc(S(C)(=O)=O)cc4)cc3F)[C@H]2C1. The number of hydrogen-bond acceptors (Lipinski definition) is 5. The van der Waals surface area contributed by atoms with Crippen molar-refractivity contribution in [2.24, 2.45) is 17.8 Å². The topological polar surface area (TPSA) is 72.9 Å². The third kappa shape index (κ3) is 5.13. The molecule has 33 heavy (non-hydrogen) atoms. The van der Waals surface area contributed by atoms with E-state index >= 15 is 0 Å². The summed E-state index contributed by atoms with van der Waals surface area (Å²) in [6.45, 7) is 6.74. The first kappa shape index (κ1) is 23.5. The Morgan fingerprint density at radius 1 is 1.03 bits per heavy atom. The number of nitrogens with zero attached hydrogens (tertiary/aromatic N) is 1. The highest BCUT2D eigenvalue weighted by Crippen LogP contribution is 2.52. The maximum Gasteiger partial charge on any atom is 0.410 e. The first-order chi connectivity index (χ1) is 15.3. The van der Waals surface area contributed by atoms with E-state index in [1.807, 2.05) is 20.8 Å². The van der Waals surface area contributed by atoms with E-state index in [0.717, 1.165) is 6.26 Å². The number of fused-ring (bicyclic) bond motifs is 1. The molecule has 178 valence electrons. The Kier molecular flexibility index (Phi) is 5.88. The van der Waals surface area contributed by atoms with E-state index < -0.39 is 32.8 Å². The van der Waals surface area contributed by atoms with Gasteiger partial charge in [0.05, 0.1) is 11.5 Å². The second-order valence-corrected chi connectivity index (χ2v) is 11.8. The van der Waals surface area contributed by atoms with Crippen molar-refractivity contribution in [3.05, 3.63) is 48.0 Å². The molecule has 9 heteroatoms. The summed E-state index contributed by atoms with van der Waals surface area (Å²) in [6, 6.07) is 8.16. The van der Waals surface area contributed by atoms with Crippen LogP contribution in [-0.4, -0.2) is 51.0 Å². The fraction of sp³-hybridized carbons (Fsp3) is 0.458. The van der Waals surface area contributed by atoms with Crippen molar-refractivity contribution < 1.29 is 31.5 Å². The van der Waals surface area contributed by atoms with Crippen molar-refractivity contribution in [3.63, 3.8) is 0 Å². The lowest BCUT2D eigenvalue weighted by Crippen LogP contribution is -2.37. The molecular weight excluding hydrogens is 452 g/mol. The van der Waals surface area contributed by atoms with Crippen LogP contribution >= 0.6 is 0 Å². The molecule has 1 unspecified atom stereocenters. The molecule has 4 rings (SSSR count). The predicted molar refractivity (Wildman–Crippen MR) is 119 cm³/mol. The number of rotatable bonds is 5. The molecule has 2 aromatic rings. The van der Waals surface area contributed by atoms with E-state index in [2.05, 4.69) is 0 Å². The van der Waals surface area contributed by atoms with Gasteiger partial charge in [-0.1, -0.05) is 12.1 Å². The smallest absolute Gasteiger partial charge is 0.410 e. The summed E-state index contributed by atoms with van der Waals surface area (Å²) in [5.41, 5.74) is 0.225. The van der Waals surface area contributed by atoms with Gasteiger partial charge in [0.15, 0.2) is 27.2 Å². The normalized spacial score (nSPS) is 22.1. The molecule has 0 N–H and O–H groups in total. The van der Waals surface area contributed by atoms with Crippen molar-refractivity contribution in [1.82, 2.24) is 4.90 Å². The molecule has 1 saturated carbocycles. The zero-order valence-corrected chi connectivity index (χ0v) is 19.8. The Balaban J connectivity index is 1.36. The van der Waals surface area contributed by atoms with Crippen molar-refractivity contribution in [3.8, 4) is 16.9 Å². The van der Waals surface area contributed by atoms with Crippen LogP contribution in [0.5, 0.6) is 5.75 Å². The van der Waals surface area contributed by atoms with Gasteiger partial charge in [-0.3, -0.25) is 0 Å². The Morgan fingerprint density at radius 3 is 2.06 bits per heavy atom. The van der Waals surface area contributed by atoms with E-state index in [1.165, 1.54) is 36.4 Å². The minimum atomic E-state index is -3.35. The molecule has 0 bridgehead atoms. The van der Waals surface area contributed by atoms with Crippen LogP contribution in [0.25, 0.3) is 11.1 Å². The number of carbonyl (C=O) groups excluding carboxylic acids is 1. The number of halogens is 2. The van der Waals surface area contributed by atoms with Gasteiger partial charge >= 0.3 is 6.09 Å². The number of benzene rings is 2. The molecule has 0 spiro atoms. The molecule has 0 radical (unpaired) electrons. The van der Waals surface area contributed by atoms with Crippen molar-refractivity contribution >= 4 is 15.9 Å². The van der Waals surface area contributed by atoms with Gasteiger partial charge in [-0.05, 0) is 68.0 Å². The van der Waals surface area contributed by atoms with Gasteiger partial charge in [-0.2, -0.15) is 0 Å². The fourth-order valence-corrected chi connectivity index (χ4v) is 4.94. The number of ether oxygens (including phenoxy) is 2. The molecule has 1 heterocycles. The van der Waals surface area contributed by atoms with Crippen LogP contribution in [0.3, 0.4) is 0 Å². The quantitative estimate of drug-likeness (QED) is 0.630. The number of sulfone groups is 1. The Hall–Kier alpha value is -2.68. The van der Waals surface area contributed by atoms with Crippen LogP contribution < -0.4 is 4.74 Å². The molecule has 2 fully saturated rings. The number of carbonyl (C=O) groups is 1. The lowest BCUT2D eigenvalue weighted by atomic mass is 10.1. The summed E-state index contributed by atoms with van der Waals surface area (Å²) in [4.78, 5) is 14.0. The number of likely N-dealkylation sites (tertiary alicyclic amines) is 1. The zero-order valence-electron chi connectivity index (χ0n) is 19.0. The minimum Gasteiger partial charge on any atom is -0.487 e. The second-order valence-electron chi connectivity index (χ2n) is 9.75. The maximum absolute atomic E-state index is 14.6. The van der Waals surface area contributed by atoms with Crippen LogP contribution in [0.15, 0.2) is 41.3 Å². The summed E-state index contributed by atoms with van der Waals surface area (Å²) >= 11 is 0. The minimum absolute atomic E-state index is 0.132. The van der Waals surface area contributed by atoms with Gasteiger partial charge in [0.25, 0.3) is 0 Å². The van der Waals surface area contributed by atoms with Crippen molar-refractivity contribution in [1.29, 1.82) is 0 Å². The third-order valence-electron chi connectivity index (χ3n) is 6.06. The molecule has 1 aliphatic heterocycles. The molecule has 1 saturated heterocycles. The van der Waals surface area contributed by atoms with Crippen LogP contribution in [0.4, 0.5) is 13.6 Å². The lowest BCUT2D eigenvalue weighted by molar-refractivity contribution is 0.0260. The molecule has 1 amide bonds. The highest BCUT2D eigenvalue weighted by molar-refractivity contribution is 7.90. The maximum atomic E-state index is 14.6. The fourth-order valence-electron chi connectivity index (χ4n) is 4.31. The van der Waals surface area contributed by atoms with E-state index in [4.69, 9.17) is 9.47 Å². The molecule has 3 atom stereocenters. The van der Waals surface area contributed by atoms with E-state index in [1.54, 1.807) is 4.90 Å². The van der Waals surface area contributed by atoms with Gasteiger partial charge < -0.3 is 14.4 Å². The standard InChI is InChI=1S/C24H27F2NO5S/c1-24(2,3)32-23(28)27-11-17-18(12-27)19(17)13-31-22-20(25)9-15(10-21(22)26)14-5-7-16(8-6-14)33(4,29)30/h5-10,17-19H,11-13H2,1-4H3/t17-,18?,19+/m0/s1. The highest BCUT2D eigenvalue weighted by Gasteiger charge is 2.57. The number of piperidine rings is 1. The molecule has 6 nitrogen and oxygen atoms in total. The van der Waals surface area contributed by atoms with Crippen molar-refractivity contribution in [2.45, 2.75) is 31.3 Å². The Morgan fingerprint density at radius 2 is 1.58 bits per heavy atom. The van der Waals surface area contributed by atoms with Gasteiger partial charge in [0, 0.05) is 25.3 Å². The summed E-state index contributed by atoms with van der Waals surface area (Å²) in [5, 5.41) is 0. The predicted octanol–water partition coefficient (Wildman–Crippen LogP) is 4.53. The molecular formula is C24H27F2NO5S. The van der Waals surface area contributed by atoms with Gasteiger partial charge in [0.1, 0.15) is 5.60 Å². The van der Waals surface area contributed by atoms with Crippen molar-refractivity contribution in [2.75, 3.05) is 26.0 Å². The number of amides is 1. The summed E-state index contributed by atoms with van der Waals surface area (Å²) in [6.07, 6.45) is 0.753. The van der Waals surface area contributed by atoms with E-state index in [9.17, 15) is 22.0 Å². The third-order valence-corrected chi connectivity index (χ3v) is 7.19. The second kappa shape index (κ2) is 8.27. The first-order valence-corrected chi connectivity index (χ1v) is 12.6. The zero-order chi connectivity index (χ0) is 24.1. The monoisotopic (exact) mass is 479 g/mol. The lowest BCUT2D eigenvalue weighted by Gasteiger charge is -2.25. The van der Waals surface area contributed by atoms with Gasteiger partial charge in [-0.25, -0.2) is 22.0 Å². The summed E-state index contributed by atoms with van der Waals surface area (Å²) in [7, 11) is -3.35. The van der Waals surface area contributed by atoms with E-state index in [-0.39, 0.29) is 40.9 Å². The van der Waals surface area contributed by atoms with Crippen LogP contribution in [-0.2, 0) is 14.6 Å². The average molecular weight is 480 g/mol. The molecule has 0 aromatic heterocycles. The Bertz CT molecular complexity index is 1140. The van der Waals surface area contributed by atoms with E-state index in [0.29, 0.717) is 18.7 Å².